The molecule has 3 aliphatic rings. The number of rotatable bonds is 0. The summed E-state index contributed by atoms with van der Waals surface area (Å²) in [6, 6.07) is 5.87. The van der Waals surface area contributed by atoms with Crippen molar-refractivity contribution in [2.75, 3.05) is 0 Å². The van der Waals surface area contributed by atoms with Gasteiger partial charge in [0.05, 0.1) is 0 Å². The normalized spacial score (nSPS) is 42.9. The Kier molecular flexibility index (Phi) is 2.91. The Morgan fingerprint density at radius 3 is 2.82 bits per heavy atom. The molecule has 4 rings (SSSR count). The van der Waals surface area contributed by atoms with Crippen molar-refractivity contribution in [1.82, 2.24) is 0 Å². The van der Waals surface area contributed by atoms with Crippen molar-refractivity contribution < 1.29 is 10.2 Å². The first-order valence-corrected chi connectivity index (χ1v) is 8.50. The highest BCUT2D eigenvalue weighted by Gasteiger charge is 2.61. The Balaban J connectivity index is 1.72. The maximum atomic E-state index is 10.9. The quantitative estimate of drug-likeness (QED) is 0.718. The van der Waals surface area contributed by atoms with Gasteiger partial charge < -0.3 is 10.2 Å². The number of hydrogen-bond donors (Lipinski definition) is 2. The molecule has 1 aromatic carbocycles. The highest BCUT2D eigenvalue weighted by molar-refractivity contribution is 5.40. The van der Waals surface area contributed by atoms with E-state index in [4.69, 9.17) is 6.42 Å². The molecule has 2 fully saturated rings. The summed E-state index contributed by atoms with van der Waals surface area (Å²) in [6.07, 6.45) is 11.8. The first kappa shape index (κ1) is 14.2. The van der Waals surface area contributed by atoms with Crippen LogP contribution in [-0.2, 0) is 6.42 Å². The van der Waals surface area contributed by atoms with Crippen LogP contribution in [0, 0.1) is 29.6 Å². The second kappa shape index (κ2) is 4.52. The molecule has 5 atom stereocenters. The third kappa shape index (κ3) is 1.66. The van der Waals surface area contributed by atoms with Crippen LogP contribution in [0.3, 0.4) is 0 Å². The highest BCUT2D eigenvalue weighted by atomic mass is 16.3. The number of aryl methyl sites for hydroxylation is 1. The minimum Gasteiger partial charge on any atom is -0.508 e. The van der Waals surface area contributed by atoms with Gasteiger partial charge >= 0.3 is 0 Å². The fourth-order valence-electron chi connectivity index (χ4n) is 5.82. The molecule has 116 valence electrons. The average molecular weight is 296 g/mol. The number of benzene rings is 1. The topological polar surface area (TPSA) is 40.5 Å². The lowest BCUT2D eigenvalue weighted by atomic mass is 9.53. The Bertz CT molecular complexity index is 658. The van der Waals surface area contributed by atoms with E-state index in [1.54, 1.807) is 0 Å². The number of hydrogen-bond acceptors (Lipinski definition) is 2. The van der Waals surface area contributed by atoms with Gasteiger partial charge in [0.15, 0.2) is 0 Å². The molecule has 0 aromatic heterocycles. The molecule has 4 unspecified atom stereocenters. The zero-order valence-electron chi connectivity index (χ0n) is 13.2. The van der Waals surface area contributed by atoms with E-state index in [9.17, 15) is 10.2 Å². The first-order chi connectivity index (χ1) is 10.5. The Morgan fingerprint density at radius 1 is 1.23 bits per heavy atom. The van der Waals surface area contributed by atoms with Gasteiger partial charge in [0, 0.05) is 5.41 Å². The predicted molar refractivity (Wildman–Crippen MR) is 86.5 cm³/mol. The summed E-state index contributed by atoms with van der Waals surface area (Å²) in [6.45, 7) is 2.22. The Labute approximate surface area is 132 Å². The highest BCUT2D eigenvalue weighted by Crippen LogP contribution is 2.64. The summed E-state index contributed by atoms with van der Waals surface area (Å²) in [5, 5.41) is 20.6. The molecule has 0 heterocycles. The molecular formula is C20H24O2. The molecule has 0 aliphatic heterocycles. The zero-order chi connectivity index (χ0) is 15.5. The molecule has 3 aliphatic carbocycles. The van der Waals surface area contributed by atoms with Crippen LogP contribution in [0.2, 0.25) is 0 Å². The minimum absolute atomic E-state index is 0.128. The SMILES string of the molecule is C#C[C@@]1(O)CCC2C3CCc4cc(O)ccc4C3CCC21C. The van der Waals surface area contributed by atoms with E-state index in [-0.39, 0.29) is 5.41 Å². The monoisotopic (exact) mass is 296 g/mol. The fourth-order valence-corrected chi connectivity index (χ4v) is 5.82. The largest absolute Gasteiger partial charge is 0.508 e. The minimum atomic E-state index is -0.919. The molecule has 0 amide bonds. The van der Waals surface area contributed by atoms with Gasteiger partial charge in [-0.2, -0.15) is 0 Å². The molecular weight excluding hydrogens is 272 g/mol. The van der Waals surface area contributed by atoms with Crippen molar-refractivity contribution in [3.05, 3.63) is 29.3 Å². The van der Waals surface area contributed by atoms with E-state index in [0.29, 0.717) is 23.5 Å². The lowest BCUT2D eigenvalue weighted by molar-refractivity contribution is -0.0646. The van der Waals surface area contributed by atoms with Gasteiger partial charge in [-0.3, -0.25) is 0 Å². The molecule has 2 nitrogen and oxygen atoms in total. The van der Waals surface area contributed by atoms with Gasteiger partial charge in [-0.25, -0.2) is 0 Å². The summed E-state index contributed by atoms with van der Waals surface area (Å²) >= 11 is 0. The average Bonchev–Trinajstić information content (AvgIpc) is 2.79. The second-order valence-electron chi connectivity index (χ2n) is 7.80. The van der Waals surface area contributed by atoms with Crippen LogP contribution in [0.5, 0.6) is 5.75 Å². The van der Waals surface area contributed by atoms with E-state index in [1.165, 1.54) is 11.1 Å². The van der Waals surface area contributed by atoms with E-state index in [1.807, 2.05) is 12.1 Å². The summed E-state index contributed by atoms with van der Waals surface area (Å²) < 4.78 is 0. The summed E-state index contributed by atoms with van der Waals surface area (Å²) in [4.78, 5) is 0. The molecule has 2 N–H and O–H groups in total. The van der Waals surface area contributed by atoms with Crippen molar-refractivity contribution in [3.8, 4) is 18.1 Å². The van der Waals surface area contributed by atoms with Crippen LogP contribution in [0.25, 0.3) is 0 Å². The lowest BCUT2D eigenvalue weighted by Gasteiger charge is -2.52. The fraction of sp³-hybridized carbons (Fsp3) is 0.600. The van der Waals surface area contributed by atoms with Crippen molar-refractivity contribution >= 4 is 0 Å². The number of terminal acetylenes is 1. The zero-order valence-corrected chi connectivity index (χ0v) is 13.2. The lowest BCUT2D eigenvalue weighted by Crippen LogP contribution is -2.50. The van der Waals surface area contributed by atoms with Crippen molar-refractivity contribution in [3.63, 3.8) is 0 Å². The molecule has 0 radical (unpaired) electrons. The molecule has 0 saturated heterocycles. The molecule has 1 aromatic rings. The molecule has 0 spiro atoms. The van der Waals surface area contributed by atoms with Gasteiger partial charge in [-0.1, -0.05) is 18.9 Å². The van der Waals surface area contributed by atoms with Gasteiger partial charge in [-0.05, 0) is 79.5 Å². The van der Waals surface area contributed by atoms with Gasteiger partial charge in [-0.15, -0.1) is 6.42 Å². The van der Waals surface area contributed by atoms with Gasteiger partial charge in [0.1, 0.15) is 11.4 Å². The van der Waals surface area contributed by atoms with Crippen LogP contribution in [0.15, 0.2) is 18.2 Å². The van der Waals surface area contributed by atoms with E-state index in [2.05, 4.69) is 18.9 Å². The molecule has 2 heteroatoms. The standard InChI is InChI=1S/C20H24O2/c1-3-20(22)11-9-18-17-6-4-13-12-14(21)5-7-15(13)16(17)8-10-19(18,20)2/h1,5,7,12,16-18,21-22H,4,6,8-11H2,2H3/t16?,17?,18?,19?,20-/m1/s1. The second-order valence-corrected chi connectivity index (χ2v) is 7.80. The summed E-state index contributed by atoms with van der Waals surface area (Å²) in [5.74, 6) is 4.82. The van der Waals surface area contributed by atoms with Gasteiger partial charge in [0.2, 0.25) is 0 Å². The maximum Gasteiger partial charge on any atom is 0.130 e. The molecule has 22 heavy (non-hydrogen) atoms. The third-order valence-electron chi connectivity index (χ3n) is 7.10. The first-order valence-electron chi connectivity index (χ1n) is 8.50. The van der Waals surface area contributed by atoms with Crippen LogP contribution in [0.4, 0.5) is 0 Å². The summed E-state index contributed by atoms with van der Waals surface area (Å²) in [7, 11) is 0. The van der Waals surface area contributed by atoms with Gasteiger partial charge in [0.25, 0.3) is 0 Å². The molecule has 0 bridgehead atoms. The predicted octanol–water partition coefficient (Wildman–Crippen LogP) is 3.61. The maximum absolute atomic E-state index is 10.9. The van der Waals surface area contributed by atoms with Crippen molar-refractivity contribution in [2.45, 2.75) is 57.0 Å². The van der Waals surface area contributed by atoms with Crippen LogP contribution in [0.1, 0.15) is 56.1 Å². The number of fused-ring (bicyclic) bond motifs is 5. The number of phenolic OH excluding ortho intramolecular Hbond substituents is 1. The van der Waals surface area contributed by atoms with E-state index < -0.39 is 5.60 Å². The number of phenols is 1. The van der Waals surface area contributed by atoms with Crippen LogP contribution >= 0.6 is 0 Å². The molecule has 2 saturated carbocycles. The van der Waals surface area contributed by atoms with Crippen molar-refractivity contribution in [1.29, 1.82) is 0 Å². The Hall–Kier alpha value is -1.46. The number of aliphatic hydroxyl groups is 1. The Morgan fingerprint density at radius 2 is 2.05 bits per heavy atom. The van der Waals surface area contributed by atoms with E-state index in [0.717, 1.165) is 38.5 Å². The third-order valence-corrected chi connectivity index (χ3v) is 7.10. The summed E-state index contributed by atoms with van der Waals surface area (Å²) in [5.41, 5.74) is 1.69. The van der Waals surface area contributed by atoms with E-state index >= 15 is 0 Å². The van der Waals surface area contributed by atoms with Crippen molar-refractivity contribution in [2.24, 2.45) is 17.3 Å². The van der Waals surface area contributed by atoms with Crippen LogP contribution in [-0.4, -0.2) is 15.8 Å². The smallest absolute Gasteiger partial charge is 0.130 e. The number of aromatic hydroxyl groups is 1. The van der Waals surface area contributed by atoms with Crippen LogP contribution < -0.4 is 0 Å².